The molecule has 1 unspecified atom stereocenters. The van der Waals surface area contributed by atoms with Crippen molar-refractivity contribution >= 4 is 22.8 Å². The van der Waals surface area contributed by atoms with Crippen LogP contribution < -0.4 is 10.1 Å². The van der Waals surface area contributed by atoms with Crippen LogP contribution in [0.25, 0.3) is 11.0 Å². The maximum Gasteiger partial charge on any atom is 0.224 e. The van der Waals surface area contributed by atoms with E-state index >= 15 is 0 Å². The van der Waals surface area contributed by atoms with E-state index in [0.717, 1.165) is 22.3 Å². The molecule has 0 bridgehead atoms. The summed E-state index contributed by atoms with van der Waals surface area (Å²) < 4.78 is 7.17. The minimum Gasteiger partial charge on any atom is -0.496 e. The molecule has 1 aliphatic heterocycles. The highest BCUT2D eigenvalue weighted by Gasteiger charge is 2.30. The van der Waals surface area contributed by atoms with Crippen LogP contribution in [0.1, 0.15) is 18.4 Å². The lowest BCUT2D eigenvalue weighted by molar-refractivity contribution is -0.138. The number of nitrogens with zero attached hydrogens (tertiary/aromatic N) is 4. The monoisotopic (exact) mass is 407 g/mol. The Balaban J connectivity index is 1.33. The zero-order chi connectivity index (χ0) is 20.9. The van der Waals surface area contributed by atoms with E-state index in [0.29, 0.717) is 39.0 Å². The summed E-state index contributed by atoms with van der Waals surface area (Å²) >= 11 is 0. The first kappa shape index (κ1) is 19.9. The van der Waals surface area contributed by atoms with Gasteiger partial charge in [0.1, 0.15) is 11.3 Å². The van der Waals surface area contributed by atoms with Gasteiger partial charge in [-0.05, 0) is 24.6 Å². The molecule has 2 amide bonds. The van der Waals surface area contributed by atoms with Gasteiger partial charge in [-0.2, -0.15) is 0 Å². The molecule has 1 aliphatic rings. The summed E-state index contributed by atoms with van der Waals surface area (Å²) in [7, 11) is 1.62. The van der Waals surface area contributed by atoms with Crippen LogP contribution in [0.5, 0.6) is 5.75 Å². The Hall–Kier alpha value is -3.42. The third kappa shape index (κ3) is 4.27. The van der Waals surface area contributed by atoms with Crippen molar-refractivity contribution in [2.24, 2.45) is 5.92 Å². The van der Waals surface area contributed by atoms with Gasteiger partial charge < -0.3 is 15.0 Å². The second-order valence-electron chi connectivity index (χ2n) is 7.41. The molecule has 3 aromatic rings. The van der Waals surface area contributed by atoms with Crippen molar-refractivity contribution in [2.75, 3.05) is 20.2 Å². The summed E-state index contributed by atoms with van der Waals surface area (Å²) in [5.74, 6) is 0.567. The number of hydrogen-bond donors (Lipinski definition) is 1. The smallest absolute Gasteiger partial charge is 0.224 e. The predicted octanol–water partition coefficient (Wildman–Crippen LogP) is 1.99. The summed E-state index contributed by atoms with van der Waals surface area (Å²) in [4.78, 5) is 26.8. The first-order valence-corrected chi connectivity index (χ1v) is 10.1. The van der Waals surface area contributed by atoms with E-state index in [9.17, 15) is 9.59 Å². The number of carbonyl (C=O) groups is 2. The summed E-state index contributed by atoms with van der Waals surface area (Å²) in [6.45, 7) is 1.86. The molecule has 2 heterocycles. The van der Waals surface area contributed by atoms with Gasteiger partial charge in [-0.1, -0.05) is 35.5 Å². The van der Waals surface area contributed by atoms with Crippen LogP contribution in [0.15, 0.2) is 48.5 Å². The molecule has 0 saturated carbocycles. The molecule has 8 heteroatoms. The molecule has 156 valence electrons. The number of hydrogen-bond acceptors (Lipinski definition) is 5. The molecule has 0 radical (unpaired) electrons. The van der Waals surface area contributed by atoms with E-state index in [2.05, 4.69) is 15.6 Å². The molecule has 0 aliphatic carbocycles. The number of amides is 2. The molecule has 1 fully saturated rings. The van der Waals surface area contributed by atoms with E-state index in [4.69, 9.17) is 4.74 Å². The van der Waals surface area contributed by atoms with Crippen LogP contribution in [-0.4, -0.2) is 51.9 Å². The lowest BCUT2D eigenvalue weighted by atomic mass is 9.96. The van der Waals surface area contributed by atoms with E-state index in [-0.39, 0.29) is 17.7 Å². The molecule has 1 atom stereocenters. The number of benzene rings is 2. The van der Waals surface area contributed by atoms with Crippen LogP contribution in [0.2, 0.25) is 0 Å². The summed E-state index contributed by atoms with van der Waals surface area (Å²) in [5, 5.41) is 11.3. The number of rotatable bonds is 7. The zero-order valence-corrected chi connectivity index (χ0v) is 17.0. The number of aromatic nitrogens is 3. The highest BCUT2D eigenvalue weighted by Crippen LogP contribution is 2.24. The van der Waals surface area contributed by atoms with E-state index in [1.165, 1.54) is 0 Å². The van der Waals surface area contributed by atoms with Gasteiger partial charge in [0.05, 0.1) is 25.1 Å². The van der Waals surface area contributed by atoms with Crippen LogP contribution in [0.4, 0.5) is 0 Å². The van der Waals surface area contributed by atoms with Gasteiger partial charge in [0.2, 0.25) is 11.8 Å². The van der Waals surface area contributed by atoms with E-state index in [1.807, 2.05) is 48.5 Å². The molecule has 1 saturated heterocycles. The number of para-hydroxylation sites is 2. The van der Waals surface area contributed by atoms with Crippen LogP contribution in [0.3, 0.4) is 0 Å². The van der Waals surface area contributed by atoms with Gasteiger partial charge in [-0.25, -0.2) is 4.68 Å². The quantitative estimate of drug-likeness (QED) is 0.647. The average Bonchev–Trinajstić information content (AvgIpc) is 3.18. The molecule has 0 spiro atoms. The number of piperidine rings is 1. The maximum atomic E-state index is 12.7. The summed E-state index contributed by atoms with van der Waals surface area (Å²) in [6.07, 6.45) is 0.945. The Morgan fingerprint density at radius 2 is 2.00 bits per heavy atom. The van der Waals surface area contributed by atoms with Crippen molar-refractivity contribution in [3.63, 3.8) is 0 Å². The van der Waals surface area contributed by atoms with Crippen molar-refractivity contribution in [2.45, 2.75) is 25.9 Å². The molecule has 1 aromatic heterocycles. The van der Waals surface area contributed by atoms with Crippen molar-refractivity contribution in [1.29, 1.82) is 0 Å². The van der Waals surface area contributed by atoms with Gasteiger partial charge in [0, 0.05) is 31.6 Å². The van der Waals surface area contributed by atoms with Gasteiger partial charge in [0.15, 0.2) is 0 Å². The molecular formula is C22H25N5O3. The van der Waals surface area contributed by atoms with Crippen LogP contribution >= 0.6 is 0 Å². The minimum atomic E-state index is -0.218. The van der Waals surface area contributed by atoms with Crippen molar-refractivity contribution in [1.82, 2.24) is 25.2 Å². The Kier molecular flexibility index (Phi) is 5.92. The fourth-order valence-corrected chi connectivity index (χ4v) is 3.83. The highest BCUT2D eigenvalue weighted by atomic mass is 16.5. The number of ether oxygens (including phenoxy) is 1. The second-order valence-corrected chi connectivity index (χ2v) is 7.41. The lowest BCUT2D eigenvalue weighted by Crippen LogP contribution is -2.45. The molecule has 4 rings (SSSR count). The maximum absolute atomic E-state index is 12.7. The van der Waals surface area contributed by atoms with Crippen molar-refractivity contribution in [3.8, 4) is 5.75 Å². The molecule has 2 aromatic carbocycles. The summed E-state index contributed by atoms with van der Waals surface area (Å²) in [6, 6.07) is 15.4. The van der Waals surface area contributed by atoms with Gasteiger partial charge in [-0.15, -0.1) is 5.10 Å². The number of nitrogens with one attached hydrogen (secondary N) is 1. The standard InChI is InChI=1S/C22H25N5O3/c1-30-20-9-5-2-6-16(20)14-26-15-17(10-11-21(26)28)22(29)23-12-13-27-19-8-4-3-7-18(19)24-25-27/h2-9,17H,10-15H2,1H3,(H,23,29). The molecular weight excluding hydrogens is 382 g/mol. The minimum absolute atomic E-state index is 0.0306. The lowest BCUT2D eigenvalue weighted by Gasteiger charge is -2.32. The van der Waals surface area contributed by atoms with E-state index in [1.54, 1.807) is 16.7 Å². The number of fused-ring (bicyclic) bond motifs is 1. The fraction of sp³-hybridized carbons (Fsp3) is 0.364. The van der Waals surface area contributed by atoms with Gasteiger partial charge >= 0.3 is 0 Å². The number of methoxy groups -OCH3 is 1. The molecule has 30 heavy (non-hydrogen) atoms. The van der Waals surface area contributed by atoms with Crippen molar-refractivity contribution in [3.05, 3.63) is 54.1 Å². The fourth-order valence-electron chi connectivity index (χ4n) is 3.83. The van der Waals surface area contributed by atoms with Crippen molar-refractivity contribution < 1.29 is 14.3 Å². The zero-order valence-electron chi connectivity index (χ0n) is 17.0. The third-order valence-electron chi connectivity index (χ3n) is 5.47. The normalized spacial score (nSPS) is 16.6. The van der Waals surface area contributed by atoms with Crippen LogP contribution in [-0.2, 0) is 22.7 Å². The predicted molar refractivity (Wildman–Crippen MR) is 112 cm³/mol. The van der Waals surface area contributed by atoms with Gasteiger partial charge in [-0.3, -0.25) is 9.59 Å². The molecule has 1 N–H and O–H groups in total. The Bertz CT molecular complexity index is 1050. The Morgan fingerprint density at radius 1 is 1.20 bits per heavy atom. The van der Waals surface area contributed by atoms with Crippen LogP contribution in [0, 0.1) is 5.92 Å². The molecule has 8 nitrogen and oxygen atoms in total. The summed E-state index contributed by atoms with van der Waals surface area (Å²) in [5.41, 5.74) is 2.71. The Labute approximate surface area is 174 Å². The third-order valence-corrected chi connectivity index (χ3v) is 5.47. The number of likely N-dealkylation sites (tertiary alicyclic amines) is 1. The largest absolute Gasteiger partial charge is 0.496 e. The second kappa shape index (κ2) is 8.94. The Morgan fingerprint density at radius 3 is 2.87 bits per heavy atom. The highest BCUT2D eigenvalue weighted by molar-refractivity contribution is 5.83. The average molecular weight is 407 g/mol. The SMILES string of the molecule is COc1ccccc1CN1CC(C(=O)NCCn2nnc3ccccc32)CCC1=O. The first-order chi connectivity index (χ1) is 14.7. The first-order valence-electron chi connectivity index (χ1n) is 10.1. The van der Waals surface area contributed by atoms with E-state index < -0.39 is 0 Å². The topological polar surface area (TPSA) is 89.3 Å². The van der Waals surface area contributed by atoms with Gasteiger partial charge in [0.25, 0.3) is 0 Å². The number of carbonyl (C=O) groups excluding carboxylic acids is 2.